The van der Waals surface area contributed by atoms with E-state index in [9.17, 15) is 14.7 Å². The summed E-state index contributed by atoms with van der Waals surface area (Å²) >= 11 is 1.55. The number of methoxy groups -OCH3 is 1. The number of thiazole rings is 1. The molecule has 0 bridgehead atoms. The summed E-state index contributed by atoms with van der Waals surface area (Å²) in [4.78, 5) is 28.3. The van der Waals surface area contributed by atoms with Gasteiger partial charge in [0, 0.05) is 32.0 Å². The van der Waals surface area contributed by atoms with E-state index in [0.29, 0.717) is 31.7 Å². The zero-order valence-corrected chi connectivity index (χ0v) is 16.6. The minimum absolute atomic E-state index is 0.277. The molecule has 1 heterocycles. The summed E-state index contributed by atoms with van der Waals surface area (Å²) in [5, 5.41) is 15.6. The van der Waals surface area contributed by atoms with Crippen LogP contribution in [-0.4, -0.2) is 42.4 Å². The smallest absolute Gasteiger partial charge is 0.319 e. The minimum Gasteiger partial charge on any atom is -0.481 e. The molecule has 0 aliphatic rings. The maximum atomic E-state index is 11.7. The summed E-state index contributed by atoms with van der Waals surface area (Å²) in [5.74, 6) is -0.798. The van der Waals surface area contributed by atoms with Crippen LogP contribution in [0.25, 0.3) is 10.4 Å². The Kier molecular flexibility index (Phi) is 7.32. The second kappa shape index (κ2) is 9.48. The quantitative estimate of drug-likeness (QED) is 0.567. The number of aryl methyl sites for hydroxylation is 1. The van der Waals surface area contributed by atoms with Crippen molar-refractivity contribution in [3.05, 3.63) is 35.5 Å². The molecule has 0 aliphatic carbocycles. The number of carbonyl (C=O) groups excluding carboxylic acids is 1. The Morgan fingerprint density at radius 1 is 1.26 bits per heavy atom. The third kappa shape index (κ3) is 6.33. The van der Waals surface area contributed by atoms with Gasteiger partial charge in [-0.2, -0.15) is 0 Å². The fraction of sp³-hybridized carbons (Fsp3) is 0.421. The molecular formula is C19H25N3O4S. The molecule has 2 amide bonds. The largest absolute Gasteiger partial charge is 0.481 e. The predicted octanol–water partition coefficient (Wildman–Crippen LogP) is 3.62. The number of hydrogen-bond donors (Lipinski definition) is 3. The molecule has 0 saturated carbocycles. The van der Waals surface area contributed by atoms with E-state index in [2.05, 4.69) is 15.6 Å². The van der Waals surface area contributed by atoms with E-state index in [1.54, 1.807) is 38.5 Å². The highest BCUT2D eigenvalue weighted by Gasteiger charge is 2.27. The van der Waals surface area contributed by atoms with Crippen molar-refractivity contribution in [2.24, 2.45) is 5.41 Å². The highest BCUT2D eigenvalue weighted by molar-refractivity contribution is 7.15. The van der Waals surface area contributed by atoms with Crippen LogP contribution < -0.4 is 10.6 Å². The molecule has 1 aromatic heterocycles. The van der Waals surface area contributed by atoms with Crippen LogP contribution in [0, 0.1) is 5.41 Å². The van der Waals surface area contributed by atoms with Gasteiger partial charge in [-0.3, -0.25) is 4.79 Å². The van der Waals surface area contributed by atoms with Crippen LogP contribution in [0.3, 0.4) is 0 Å². The first-order valence-corrected chi connectivity index (χ1v) is 9.46. The van der Waals surface area contributed by atoms with Crippen LogP contribution >= 0.6 is 11.3 Å². The van der Waals surface area contributed by atoms with Gasteiger partial charge in [-0.1, -0.05) is 12.1 Å². The van der Waals surface area contributed by atoms with Crippen LogP contribution in [0.4, 0.5) is 10.5 Å². The molecule has 0 radical (unpaired) electrons. The summed E-state index contributed by atoms with van der Waals surface area (Å²) in [6, 6.07) is 7.23. The monoisotopic (exact) mass is 391 g/mol. The SMILES string of the molecule is COCCNC(=O)Nc1ccc(-c2cnc(CCC(C)(C)C(=O)O)s2)cc1. The van der Waals surface area contributed by atoms with E-state index in [1.165, 1.54) is 0 Å². The lowest BCUT2D eigenvalue weighted by molar-refractivity contribution is -0.147. The van der Waals surface area contributed by atoms with Crippen LogP contribution in [0.15, 0.2) is 30.5 Å². The summed E-state index contributed by atoms with van der Waals surface area (Å²) in [7, 11) is 1.58. The fourth-order valence-electron chi connectivity index (χ4n) is 2.25. The molecule has 0 fully saturated rings. The predicted molar refractivity (Wildman–Crippen MR) is 106 cm³/mol. The number of hydrogen-bond acceptors (Lipinski definition) is 5. The third-order valence-corrected chi connectivity index (χ3v) is 5.22. The van der Waals surface area contributed by atoms with Crippen molar-refractivity contribution < 1.29 is 19.4 Å². The Bertz CT molecular complexity index is 772. The number of ether oxygens (including phenoxy) is 1. The molecule has 0 saturated heterocycles. The van der Waals surface area contributed by atoms with E-state index in [0.717, 1.165) is 15.4 Å². The fourth-order valence-corrected chi connectivity index (χ4v) is 3.17. The zero-order chi connectivity index (χ0) is 19.9. The molecule has 2 aromatic rings. The van der Waals surface area contributed by atoms with Gasteiger partial charge in [0.2, 0.25) is 0 Å². The molecule has 146 valence electrons. The van der Waals surface area contributed by atoms with Gasteiger partial charge < -0.3 is 20.5 Å². The topological polar surface area (TPSA) is 101 Å². The van der Waals surface area contributed by atoms with Crippen molar-refractivity contribution in [1.29, 1.82) is 0 Å². The van der Waals surface area contributed by atoms with Crippen LogP contribution in [-0.2, 0) is 16.0 Å². The van der Waals surface area contributed by atoms with E-state index in [1.807, 2.05) is 24.3 Å². The molecule has 1 aromatic carbocycles. The number of aromatic nitrogens is 1. The number of aliphatic carboxylic acids is 1. The lowest BCUT2D eigenvalue weighted by atomic mass is 9.88. The molecule has 0 atom stereocenters. The van der Waals surface area contributed by atoms with Crippen molar-refractivity contribution in [2.75, 3.05) is 25.6 Å². The third-order valence-electron chi connectivity index (χ3n) is 4.12. The van der Waals surface area contributed by atoms with Gasteiger partial charge in [0.25, 0.3) is 0 Å². The summed E-state index contributed by atoms with van der Waals surface area (Å²) < 4.78 is 4.88. The van der Waals surface area contributed by atoms with Gasteiger partial charge in [0.1, 0.15) is 0 Å². The molecule has 3 N–H and O–H groups in total. The first-order chi connectivity index (χ1) is 12.8. The molecule has 8 heteroatoms. The van der Waals surface area contributed by atoms with Gasteiger partial charge in [-0.25, -0.2) is 9.78 Å². The maximum Gasteiger partial charge on any atom is 0.319 e. The van der Waals surface area contributed by atoms with Crippen LogP contribution in [0.1, 0.15) is 25.3 Å². The van der Waals surface area contributed by atoms with Crippen molar-refractivity contribution in [3.8, 4) is 10.4 Å². The zero-order valence-electron chi connectivity index (χ0n) is 15.7. The van der Waals surface area contributed by atoms with Gasteiger partial charge in [-0.05, 0) is 38.0 Å². The van der Waals surface area contributed by atoms with E-state index < -0.39 is 11.4 Å². The number of carbonyl (C=O) groups is 2. The number of rotatable bonds is 9. The van der Waals surface area contributed by atoms with Crippen molar-refractivity contribution in [3.63, 3.8) is 0 Å². The minimum atomic E-state index is -0.798. The van der Waals surface area contributed by atoms with E-state index in [4.69, 9.17) is 4.74 Å². The highest BCUT2D eigenvalue weighted by atomic mass is 32.1. The Hall–Kier alpha value is -2.45. The number of carboxylic acid groups (broad SMARTS) is 1. The first kappa shape index (κ1) is 20.9. The Morgan fingerprint density at radius 3 is 2.59 bits per heavy atom. The second-order valence-electron chi connectivity index (χ2n) is 6.76. The number of amides is 2. The Labute approximate surface area is 162 Å². The Balaban J connectivity index is 1.93. The number of nitrogens with one attached hydrogen (secondary N) is 2. The average Bonchev–Trinajstić information content (AvgIpc) is 3.10. The van der Waals surface area contributed by atoms with Crippen molar-refractivity contribution >= 4 is 29.0 Å². The lowest BCUT2D eigenvalue weighted by Crippen LogP contribution is -2.31. The van der Waals surface area contributed by atoms with Gasteiger partial charge in [-0.15, -0.1) is 11.3 Å². The molecule has 0 aliphatic heterocycles. The summed E-state index contributed by atoms with van der Waals surface area (Å²) in [5.41, 5.74) is 0.936. The number of nitrogens with zero attached hydrogens (tertiary/aromatic N) is 1. The van der Waals surface area contributed by atoms with Crippen LogP contribution in [0.2, 0.25) is 0 Å². The first-order valence-electron chi connectivity index (χ1n) is 8.64. The number of benzene rings is 1. The number of anilines is 1. The van der Waals surface area contributed by atoms with E-state index >= 15 is 0 Å². The molecule has 0 spiro atoms. The van der Waals surface area contributed by atoms with E-state index in [-0.39, 0.29) is 6.03 Å². The Morgan fingerprint density at radius 2 is 1.96 bits per heavy atom. The van der Waals surface area contributed by atoms with Crippen molar-refractivity contribution in [2.45, 2.75) is 26.7 Å². The molecule has 7 nitrogen and oxygen atoms in total. The van der Waals surface area contributed by atoms with Gasteiger partial charge in [0.15, 0.2) is 0 Å². The number of carboxylic acids is 1. The van der Waals surface area contributed by atoms with Crippen molar-refractivity contribution in [1.82, 2.24) is 10.3 Å². The average molecular weight is 391 g/mol. The van der Waals surface area contributed by atoms with Crippen LogP contribution in [0.5, 0.6) is 0 Å². The highest BCUT2D eigenvalue weighted by Crippen LogP contribution is 2.30. The summed E-state index contributed by atoms with van der Waals surface area (Å²) in [6.45, 7) is 4.36. The van der Waals surface area contributed by atoms with Gasteiger partial charge >= 0.3 is 12.0 Å². The normalized spacial score (nSPS) is 11.2. The molecule has 0 unspecified atom stereocenters. The second-order valence-corrected chi connectivity index (χ2v) is 7.87. The summed E-state index contributed by atoms with van der Waals surface area (Å²) in [6.07, 6.45) is 2.97. The maximum absolute atomic E-state index is 11.7. The lowest BCUT2D eigenvalue weighted by Gasteiger charge is -2.17. The molecule has 27 heavy (non-hydrogen) atoms. The molecule has 2 rings (SSSR count). The standard InChI is InChI=1S/C19H25N3O4S/c1-19(2,17(23)24)9-8-16-21-12-15(27-16)13-4-6-14(7-5-13)22-18(25)20-10-11-26-3/h4-7,12H,8-11H2,1-3H3,(H,23,24)(H2,20,22,25). The molecular weight excluding hydrogens is 366 g/mol. The number of urea groups is 1. The van der Waals surface area contributed by atoms with Gasteiger partial charge in [0.05, 0.1) is 21.9 Å².